The molecule has 1 aromatic heterocycles. The molecule has 0 saturated heterocycles. The summed E-state index contributed by atoms with van der Waals surface area (Å²) in [5.74, 6) is 0.433. The minimum atomic E-state index is -1.03. The first-order chi connectivity index (χ1) is 9.54. The molecule has 0 unspecified atom stereocenters. The van der Waals surface area contributed by atoms with Crippen LogP contribution in [0.3, 0.4) is 0 Å². The lowest BCUT2D eigenvalue weighted by molar-refractivity contribution is 0.0688. The molecule has 1 heterocycles. The van der Waals surface area contributed by atoms with Crippen LogP contribution in [-0.2, 0) is 5.60 Å². The van der Waals surface area contributed by atoms with Crippen LogP contribution in [0.4, 0.5) is 0 Å². The summed E-state index contributed by atoms with van der Waals surface area (Å²) in [6, 6.07) is 16.3. The summed E-state index contributed by atoms with van der Waals surface area (Å²) in [5.41, 5.74) is 0.812. The third kappa shape index (κ3) is 2.40. The van der Waals surface area contributed by atoms with Crippen LogP contribution in [0.5, 0.6) is 0 Å². The highest BCUT2D eigenvalue weighted by Crippen LogP contribution is 2.24. The average molecular weight is 264 g/mol. The predicted octanol–water partition coefficient (Wildman–Crippen LogP) is 3.52. The zero-order valence-electron chi connectivity index (χ0n) is 11.5. The third-order valence-electron chi connectivity index (χ3n) is 3.25. The maximum absolute atomic E-state index is 10.0. The summed E-state index contributed by atoms with van der Waals surface area (Å²) < 4.78 is 0. The maximum Gasteiger partial charge on any atom is 0.159 e. The van der Waals surface area contributed by atoms with Gasteiger partial charge in [0.25, 0.3) is 0 Å². The molecule has 3 rings (SSSR count). The van der Waals surface area contributed by atoms with Crippen molar-refractivity contribution < 1.29 is 5.11 Å². The maximum atomic E-state index is 10.0. The standard InChI is InChI=1S/C17H16N2O/c1-17(2,20)16-18-10-9-15(19-16)14-8-7-12-5-3-4-6-13(12)11-14/h3-11,20H,1-2H3. The summed E-state index contributed by atoms with van der Waals surface area (Å²) in [4.78, 5) is 8.60. The van der Waals surface area contributed by atoms with Crippen molar-refractivity contribution in [3.8, 4) is 11.3 Å². The van der Waals surface area contributed by atoms with Gasteiger partial charge in [-0.2, -0.15) is 0 Å². The minimum absolute atomic E-state index is 0.433. The van der Waals surface area contributed by atoms with Crippen LogP contribution in [0, 0.1) is 0 Å². The molecule has 0 radical (unpaired) electrons. The van der Waals surface area contributed by atoms with Gasteiger partial charge in [-0.15, -0.1) is 0 Å². The Kier molecular flexibility index (Phi) is 2.99. The van der Waals surface area contributed by atoms with Crippen molar-refractivity contribution in [1.29, 1.82) is 0 Å². The zero-order chi connectivity index (χ0) is 14.2. The molecule has 20 heavy (non-hydrogen) atoms. The molecule has 0 spiro atoms. The molecule has 3 heteroatoms. The Morgan fingerprint density at radius 3 is 2.45 bits per heavy atom. The number of aliphatic hydroxyl groups is 1. The normalized spacial score (nSPS) is 11.8. The van der Waals surface area contributed by atoms with E-state index in [1.54, 1.807) is 20.0 Å². The van der Waals surface area contributed by atoms with Gasteiger partial charge in [0, 0.05) is 11.8 Å². The summed E-state index contributed by atoms with van der Waals surface area (Å²) >= 11 is 0. The molecular weight excluding hydrogens is 248 g/mol. The number of hydrogen-bond donors (Lipinski definition) is 1. The lowest BCUT2D eigenvalue weighted by Gasteiger charge is -2.15. The second-order valence-corrected chi connectivity index (χ2v) is 5.39. The molecule has 0 bridgehead atoms. The first-order valence-electron chi connectivity index (χ1n) is 6.59. The monoisotopic (exact) mass is 264 g/mol. The molecule has 1 N–H and O–H groups in total. The van der Waals surface area contributed by atoms with Crippen molar-refractivity contribution in [2.75, 3.05) is 0 Å². The highest BCUT2D eigenvalue weighted by atomic mass is 16.3. The van der Waals surface area contributed by atoms with Crippen molar-refractivity contribution in [2.45, 2.75) is 19.4 Å². The van der Waals surface area contributed by atoms with Gasteiger partial charge < -0.3 is 5.11 Å². The first kappa shape index (κ1) is 12.8. The van der Waals surface area contributed by atoms with Gasteiger partial charge in [0.05, 0.1) is 5.69 Å². The van der Waals surface area contributed by atoms with E-state index in [9.17, 15) is 5.11 Å². The Bertz CT molecular complexity index is 760. The fraction of sp³-hybridized carbons (Fsp3) is 0.176. The van der Waals surface area contributed by atoms with Gasteiger partial charge in [-0.05, 0) is 36.8 Å². The largest absolute Gasteiger partial charge is 0.382 e. The number of nitrogens with zero attached hydrogens (tertiary/aromatic N) is 2. The van der Waals surface area contributed by atoms with E-state index in [1.807, 2.05) is 24.3 Å². The van der Waals surface area contributed by atoms with Crippen LogP contribution in [0.2, 0.25) is 0 Å². The van der Waals surface area contributed by atoms with E-state index < -0.39 is 5.60 Å². The van der Waals surface area contributed by atoms with Crippen LogP contribution in [-0.4, -0.2) is 15.1 Å². The lowest BCUT2D eigenvalue weighted by Crippen LogP contribution is -2.19. The van der Waals surface area contributed by atoms with E-state index in [2.05, 4.69) is 34.2 Å². The van der Waals surface area contributed by atoms with E-state index in [0.29, 0.717) is 5.82 Å². The molecule has 0 aliphatic rings. The minimum Gasteiger partial charge on any atom is -0.382 e. The molecule has 3 nitrogen and oxygen atoms in total. The Morgan fingerprint density at radius 2 is 1.70 bits per heavy atom. The topological polar surface area (TPSA) is 46.0 Å². The molecule has 0 amide bonds. The highest BCUT2D eigenvalue weighted by Gasteiger charge is 2.19. The molecule has 2 aromatic carbocycles. The molecular formula is C17H16N2O. The smallest absolute Gasteiger partial charge is 0.159 e. The van der Waals surface area contributed by atoms with Crippen molar-refractivity contribution >= 4 is 10.8 Å². The highest BCUT2D eigenvalue weighted by molar-refractivity contribution is 5.86. The molecule has 3 aromatic rings. The van der Waals surface area contributed by atoms with Gasteiger partial charge in [0.1, 0.15) is 5.60 Å². The van der Waals surface area contributed by atoms with E-state index in [0.717, 1.165) is 11.3 Å². The Labute approximate surface area is 117 Å². The number of fused-ring (bicyclic) bond motifs is 1. The van der Waals surface area contributed by atoms with Crippen LogP contribution < -0.4 is 0 Å². The average Bonchev–Trinajstić information content (AvgIpc) is 2.46. The van der Waals surface area contributed by atoms with Gasteiger partial charge in [0.2, 0.25) is 0 Å². The van der Waals surface area contributed by atoms with Gasteiger partial charge in [-0.3, -0.25) is 0 Å². The van der Waals surface area contributed by atoms with E-state index in [1.165, 1.54) is 10.8 Å². The molecule has 0 fully saturated rings. The van der Waals surface area contributed by atoms with Crippen LogP contribution in [0.25, 0.3) is 22.0 Å². The number of hydrogen-bond acceptors (Lipinski definition) is 3. The zero-order valence-corrected chi connectivity index (χ0v) is 11.5. The summed E-state index contributed by atoms with van der Waals surface area (Å²) in [7, 11) is 0. The molecule has 0 atom stereocenters. The van der Waals surface area contributed by atoms with Gasteiger partial charge in [-0.25, -0.2) is 9.97 Å². The predicted molar refractivity (Wildman–Crippen MR) is 80.2 cm³/mol. The summed E-state index contributed by atoms with van der Waals surface area (Å²) in [6.07, 6.45) is 1.69. The summed E-state index contributed by atoms with van der Waals surface area (Å²) in [5, 5.41) is 12.4. The SMILES string of the molecule is CC(C)(O)c1nccc(-c2ccc3ccccc3c2)n1. The third-order valence-corrected chi connectivity index (χ3v) is 3.25. The second-order valence-electron chi connectivity index (χ2n) is 5.39. The summed E-state index contributed by atoms with van der Waals surface area (Å²) in [6.45, 7) is 3.37. The van der Waals surface area contributed by atoms with Crippen molar-refractivity contribution in [2.24, 2.45) is 0 Å². The molecule has 0 saturated carbocycles. The van der Waals surface area contributed by atoms with Crippen LogP contribution in [0.15, 0.2) is 54.7 Å². The Balaban J connectivity index is 2.11. The lowest BCUT2D eigenvalue weighted by atomic mass is 10.0. The first-order valence-corrected chi connectivity index (χ1v) is 6.59. The van der Waals surface area contributed by atoms with E-state index in [-0.39, 0.29) is 0 Å². The quantitative estimate of drug-likeness (QED) is 0.770. The van der Waals surface area contributed by atoms with E-state index in [4.69, 9.17) is 0 Å². The van der Waals surface area contributed by atoms with Crippen molar-refractivity contribution in [1.82, 2.24) is 9.97 Å². The van der Waals surface area contributed by atoms with Crippen molar-refractivity contribution in [3.63, 3.8) is 0 Å². The fourth-order valence-electron chi connectivity index (χ4n) is 2.16. The Hall–Kier alpha value is -2.26. The van der Waals surface area contributed by atoms with Gasteiger partial charge in [-0.1, -0.05) is 36.4 Å². The number of benzene rings is 2. The number of rotatable bonds is 2. The Morgan fingerprint density at radius 1 is 0.950 bits per heavy atom. The van der Waals surface area contributed by atoms with Crippen LogP contribution in [0.1, 0.15) is 19.7 Å². The second kappa shape index (κ2) is 4.69. The number of aromatic nitrogens is 2. The van der Waals surface area contributed by atoms with E-state index >= 15 is 0 Å². The van der Waals surface area contributed by atoms with Crippen molar-refractivity contribution in [3.05, 3.63) is 60.6 Å². The van der Waals surface area contributed by atoms with Gasteiger partial charge in [0.15, 0.2) is 5.82 Å². The van der Waals surface area contributed by atoms with Crippen LogP contribution >= 0.6 is 0 Å². The van der Waals surface area contributed by atoms with Gasteiger partial charge >= 0.3 is 0 Å². The molecule has 0 aliphatic carbocycles. The molecule has 100 valence electrons. The fourth-order valence-corrected chi connectivity index (χ4v) is 2.16. The molecule has 0 aliphatic heterocycles.